The van der Waals surface area contributed by atoms with Gasteiger partial charge in [-0.15, -0.1) is 0 Å². The minimum Gasteiger partial charge on any atom is -0.444 e. The van der Waals surface area contributed by atoms with Gasteiger partial charge in [0.1, 0.15) is 5.60 Å². The van der Waals surface area contributed by atoms with E-state index in [4.69, 9.17) is 4.74 Å². The Morgan fingerprint density at radius 3 is 2.59 bits per heavy atom. The molecule has 1 amide bonds. The van der Waals surface area contributed by atoms with Crippen molar-refractivity contribution < 1.29 is 9.53 Å². The highest BCUT2D eigenvalue weighted by Gasteiger charge is 2.34. The lowest BCUT2D eigenvalue weighted by Gasteiger charge is -2.39. The summed E-state index contributed by atoms with van der Waals surface area (Å²) in [5, 5.41) is 6.55. The first kappa shape index (κ1) is 16.7. The van der Waals surface area contributed by atoms with Crippen LogP contribution < -0.4 is 10.6 Å². The molecule has 0 aliphatic heterocycles. The van der Waals surface area contributed by atoms with Gasteiger partial charge in [0.25, 0.3) is 0 Å². The zero-order chi connectivity index (χ0) is 16.1. The van der Waals surface area contributed by atoms with Gasteiger partial charge in [0, 0.05) is 12.7 Å². The number of rotatable bonds is 4. The van der Waals surface area contributed by atoms with E-state index >= 15 is 0 Å². The first-order chi connectivity index (χ1) is 10.4. The summed E-state index contributed by atoms with van der Waals surface area (Å²) >= 11 is 0. The largest absolute Gasteiger partial charge is 0.444 e. The lowest BCUT2D eigenvalue weighted by atomic mass is 9.89. The number of aromatic nitrogens is 1. The molecule has 0 saturated heterocycles. The maximum Gasteiger partial charge on any atom is 0.409 e. The molecule has 1 saturated carbocycles. The number of nitrogens with zero attached hydrogens (tertiary/aromatic N) is 1. The third-order valence-corrected chi connectivity index (χ3v) is 3.78. The SMILES string of the molecule is CC(C)(C)OC(=O)NC1(NCc2ccccn2)CCCCC1. The van der Waals surface area contributed by atoms with Crippen molar-refractivity contribution in [2.24, 2.45) is 0 Å². The van der Waals surface area contributed by atoms with Gasteiger partial charge < -0.3 is 10.1 Å². The summed E-state index contributed by atoms with van der Waals surface area (Å²) in [5.74, 6) is 0. The number of hydrogen-bond donors (Lipinski definition) is 2. The van der Waals surface area contributed by atoms with Crippen molar-refractivity contribution in [2.45, 2.75) is 70.7 Å². The highest BCUT2D eigenvalue weighted by atomic mass is 16.6. The Morgan fingerprint density at radius 2 is 2.00 bits per heavy atom. The predicted molar refractivity (Wildman–Crippen MR) is 86.3 cm³/mol. The van der Waals surface area contributed by atoms with Crippen LogP contribution in [-0.2, 0) is 11.3 Å². The van der Waals surface area contributed by atoms with Crippen LogP contribution in [0.25, 0.3) is 0 Å². The Morgan fingerprint density at radius 1 is 1.27 bits per heavy atom. The maximum atomic E-state index is 12.2. The molecule has 1 aromatic heterocycles. The van der Waals surface area contributed by atoms with Crippen LogP contribution in [0, 0.1) is 0 Å². The van der Waals surface area contributed by atoms with E-state index in [1.807, 2.05) is 39.0 Å². The van der Waals surface area contributed by atoms with E-state index < -0.39 is 11.3 Å². The normalized spacial score (nSPS) is 17.8. The van der Waals surface area contributed by atoms with Crippen LogP contribution in [0.3, 0.4) is 0 Å². The quantitative estimate of drug-likeness (QED) is 0.837. The van der Waals surface area contributed by atoms with Crippen molar-refractivity contribution in [3.05, 3.63) is 30.1 Å². The summed E-state index contributed by atoms with van der Waals surface area (Å²) in [4.78, 5) is 16.5. The summed E-state index contributed by atoms with van der Waals surface area (Å²) in [5.41, 5.74) is 0.0948. The maximum absolute atomic E-state index is 12.2. The molecule has 0 unspecified atom stereocenters. The number of pyridine rings is 1. The lowest BCUT2D eigenvalue weighted by Crippen LogP contribution is -2.60. The molecule has 2 rings (SSSR count). The molecular formula is C17H27N3O2. The van der Waals surface area contributed by atoms with Crippen LogP contribution in [0.5, 0.6) is 0 Å². The number of nitrogens with one attached hydrogen (secondary N) is 2. The van der Waals surface area contributed by atoms with Gasteiger partial charge in [0.2, 0.25) is 0 Å². The van der Waals surface area contributed by atoms with Gasteiger partial charge in [-0.2, -0.15) is 0 Å². The van der Waals surface area contributed by atoms with E-state index in [9.17, 15) is 4.79 Å². The minimum atomic E-state index is -0.485. The zero-order valence-electron chi connectivity index (χ0n) is 13.8. The Kier molecular flexibility index (Phi) is 5.40. The first-order valence-corrected chi connectivity index (χ1v) is 8.05. The molecule has 5 heteroatoms. The van der Waals surface area contributed by atoms with Crippen molar-refractivity contribution >= 4 is 6.09 Å². The van der Waals surface area contributed by atoms with E-state index in [1.165, 1.54) is 6.42 Å². The fourth-order valence-electron chi connectivity index (χ4n) is 2.76. The molecule has 122 valence electrons. The van der Waals surface area contributed by atoms with E-state index in [-0.39, 0.29) is 6.09 Å². The fraction of sp³-hybridized carbons (Fsp3) is 0.647. The predicted octanol–water partition coefficient (Wildman–Crippen LogP) is 3.36. The summed E-state index contributed by atoms with van der Waals surface area (Å²) < 4.78 is 5.41. The molecule has 1 heterocycles. The van der Waals surface area contributed by atoms with Gasteiger partial charge in [-0.1, -0.05) is 12.5 Å². The number of amides is 1. The van der Waals surface area contributed by atoms with Crippen LogP contribution in [0.2, 0.25) is 0 Å². The smallest absolute Gasteiger partial charge is 0.409 e. The summed E-state index contributed by atoms with van der Waals surface area (Å²) in [6.45, 7) is 6.26. The molecular weight excluding hydrogens is 278 g/mol. The van der Waals surface area contributed by atoms with Crippen molar-refractivity contribution in [1.82, 2.24) is 15.6 Å². The average molecular weight is 305 g/mol. The van der Waals surface area contributed by atoms with Crippen molar-refractivity contribution in [1.29, 1.82) is 0 Å². The Bertz CT molecular complexity index is 476. The summed E-state index contributed by atoms with van der Waals surface area (Å²) in [6, 6.07) is 5.86. The molecule has 0 atom stereocenters. The molecule has 22 heavy (non-hydrogen) atoms. The fourth-order valence-corrected chi connectivity index (χ4v) is 2.76. The van der Waals surface area contributed by atoms with E-state index in [0.29, 0.717) is 6.54 Å². The number of carbonyl (C=O) groups excluding carboxylic acids is 1. The van der Waals surface area contributed by atoms with Crippen LogP contribution in [0.15, 0.2) is 24.4 Å². The second-order valence-electron chi connectivity index (χ2n) is 6.94. The lowest BCUT2D eigenvalue weighted by molar-refractivity contribution is 0.0384. The topological polar surface area (TPSA) is 63.2 Å². The van der Waals surface area contributed by atoms with Gasteiger partial charge >= 0.3 is 6.09 Å². The third kappa shape index (κ3) is 5.30. The van der Waals surface area contributed by atoms with Crippen molar-refractivity contribution in [2.75, 3.05) is 0 Å². The van der Waals surface area contributed by atoms with Gasteiger partial charge in [-0.25, -0.2) is 4.79 Å². The molecule has 2 N–H and O–H groups in total. The van der Waals surface area contributed by atoms with Gasteiger partial charge in [0.15, 0.2) is 0 Å². The molecule has 0 spiro atoms. The monoisotopic (exact) mass is 305 g/mol. The van der Waals surface area contributed by atoms with Gasteiger partial charge in [-0.05, 0) is 58.6 Å². The molecule has 1 aromatic rings. The standard InChI is InChI=1S/C17H27N3O2/c1-16(2,3)22-15(21)20-17(10-6-4-7-11-17)19-13-14-9-5-8-12-18-14/h5,8-9,12,19H,4,6-7,10-11,13H2,1-3H3,(H,20,21). The molecule has 0 radical (unpaired) electrons. The van der Waals surface area contributed by atoms with Crippen LogP contribution in [0.1, 0.15) is 58.6 Å². The second kappa shape index (κ2) is 7.09. The van der Waals surface area contributed by atoms with Gasteiger partial charge in [0.05, 0.1) is 11.4 Å². The Balaban J connectivity index is 1.99. The van der Waals surface area contributed by atoms with Crippen molar-refractivity contribution in [3.8, 4) is 0 Å². The molecule has 1 aliphatic rings. The number of hydrogen-bond acceptors (Lipinski definition) is 4. The highest BCUT2D eigenvalue weighted by Crippen LogP contribution is 2.26. The summed E-state index contributed by atoms with van der Waals surface area (Å²) in [6.07, 6.45) is 6.67. The van der Waals surface area contributed by atoms with Crippen LogP contribution in [-0.4, -0.2) is 22.3 Å². The second-order valence-corrected chi connectivity index (χ2v) is 6.94. The average Bonchev–Trinajstić information content (AvgIpc) is 2.45. The van der Waals surface area contributed by atoms with Crippen molar-refractivity contribution in [3.63, 3.8) is 0 Å². The molecule has 1 fully saturated rings. The van der Waals surface area contributed by atoms with Crippen LogP contribution >= 0.6 is 0 Å². The first-order valence-electron chi connectivity index (χ1n) is 8.05. The zero-order valence-corrected chi connectivity index (χ0v) is 13.8. The molecule has 5 nitrogen and oxygen atoms in total. The highest BCUT2D eigenvalue weighted by molar-refractivity contribution is 5.68. The number of alkyl carbamates (subject to hydrolysis) is 1. The Hall–Kier alpha value is -1.62. The summed E-state index contributed by atoms with van der Waals surface area (Å²) in [7, 11) is 0. The Labute approximate surface area is 132 Å². The number of ether oxygens (including phenoxy) is 1. The van der Waals surface area contributed by atoms with E-state index in [2.05, 4.69) is 15.6 Å². The van der Waals surface area contributed by atoms with Gasteiger partial charge in [-0.3, -0.25) is 10.3 Å². The van der Waals surface area contributed by atoms with E-state index in [1.54, 1.807) is 6.20 Å². The molecule has 1 aliphatic carbocycles. The van der Waals surface area contributed by atoms with E-state index in [0.717, 1.165) is 31.4 Å². The molecule has 0 aromatic carbocycles. The number of carbonyl (C=O) groups is 1. The minimum absolute atomic E-state index is 0.358. The van der Waals surface area contributed by atoms with Crippen LogP contribution in [0.4, 0.5) is 4.79 Å². The molecule has 0 bridgehead atoms. The third-order valence-electron chi connectivity index (χ3n) is 3.78.